The number of benzene rings is 1. The molecular weight excluding hydrogens is 442 g/mol. The van der Waals surface area contributed by atoms with Gasteiger partial charge < -0.3 is 20.3 Å². The number of rotatable bonds is 6. The van der Waals surface area contributed by atoms with Gasteiger partial charge in [0.25, 0.3) is 0 Å². The number of anilines is 1. The third-order valence-electron chi connectivity index (χ3n) is 5.94. The van der Waals surface area contributed by atoms with Gasteiger partial charge in [0, 0.05) is 22.8 Å². The van der Waals surface area contributed by atoms with E-state index in [1.54, 1.807) is 38.4 Å². The van der Waals surface area contributed by atoms with Gasteiger partial charge in [-0.15, -0.1) is 12.4 Å². The summed E-state index contributed by atoms with van der Waals surface area (Å²) in [6.07, 6.45) is 4.54. The lowest BCUT2D eigenvalue weighted by Gasteiger charge is -2.28. The molecule has 3 aromatic rings. The van der Waals surface area contributed by atoms with Crippen LogP contribution < -0.4 is 20.3 Å². The van der Waals surface area contributed by atoms with Crippen molar-refractivity contribution in [3.8, 4) is 5.75 Å². The Morgan fingerprint density at radius 2 is 2.03 bits per heavy atom. The zero-order valence-corrected chi connectivity index (χ0v) is 19.7. The maximum Gasteiger partial charge on any atom is 0.249 e. The second kappa shape index (κ2) is 10.6. The van der Waals surface area contributed by atoms with Gasteiger partial charge in [-0.25, -0.2) is 9.97 Å². The van der Waals surface area contributed by atoms with E-state index in [1.165, 1.54) is 0 Å². The molecule has 0 saturated heterocycles. The topological polar surface area (TPSA) is 96.5 Å². The molecule has 0 bridgehead atoms. The first-order valence-corrected chi connectivity index (χ1v) is 10.7. The summed E-state index contributed by atoms with van der Waals surface area (Å²) in [7, 11) is 3.30. The lowest BCUT2D eigenvalue weighted by molar-refractivity contribution is -0.128. The molecule has 0 aliphatic carbocycles. The number of para-hydroxylation sites is 1. The van der Waals surface area contributed by atoms with E-state index in [-0.39, 0.29) is 30.8 Å². The van der Waals surface area contributed by atoms with Crippen molar-refractivity contribution in [3.05, 3.63) is 59.9 Å². The zero-order chi connectivity index (χ0) is 22.7. The first-order chi connectivity index (χ1) is 15.5. The fraction of sp³-hybridized carbons (Fsp3) is 0.333. The SMILES string of the molecule is CNC(C)C(=O)NC1CCc2ccccc2N(Cc2c(OC)cnc3ncccc23)C1=O.Cl. The van der Waals surface area contributed by atoms with Gasteiger partial charge in [0.05, 0.1) is 25.9 Å². The van der Waals surface area contributed by atoms with Crippen LogP contribution in [0.1, 0.15) is 24.5 Å². The van der Waals surface area contributed by atoms with Crippen molar-refractivity contribution in [2.75, 3.05) is 19.1 Å². The van der Waals surface area contributed by atoms with E-state index in [0.717, 1.165) is 22.2 Å². The molecule has 4 rings (SSSR count). The second-order valence-electron chi connectivity index (χ2n) is 7.84. The van der Waals surface area contributed by atoms with Gasteiger partial charge in [0.1, 0.15) is 11.8 Å². The van der Waals surface area contributed by atoms with E-state index in [4.69, 9.17) is 4.74 Å². The Morgan fingerprint density at radius 3 is 2.79 bits per heavy atom. The molecule has 0 radical (unpaired) electrons. The molecule has 1 aliphatic rings. The van der Waals surface area contributed by atoms with E-state index in [1.807, 2.05) is 36.4 Å². The van der Waals surface area contributed by atoms with E-state index in [2.05, 4.69) is 20.6 Å². The number of likely N-dealkylation sites (N-methyl/N-ethyl adjacent to an activating group) is 1. The highest BCUT2D eigenvalue weighted by molar-refractivity contribution is 6.01. The smallest absolute Gasteiger partial charge is 0.249 e. The summed E-state index contributed by atoms with van der Waals surface area (Å²) < 4.78 is 5.58. The normalized spacial score (nSPS) is 16.4. The van der Waals surface area contributed by atoms with Gasteiger partial charge in [-0.2, -0.15) is 0 Å². The number of nitrogens with zero attached hydrogens (tertiary/aromatic N) is 3. The molecule has 2 amide bonds. The van der Waals surface area contributed by atoms with Gasteiger partial charge >= 0.3 is 0 Å². The van der Waals surface area contributed by atoms with Crippen LogP contribution in [0.2, 0.25) is 0 Å². The number of methoxy groups -OCH3 is 1. The molecule has 0 spiro atoms. The van der Waals surface area contributed by atoms with Crippen LogP contribution in [0.15, 0.2) is 48.8 Å². The average molecular weight is 470 g/mol. The molecular formula is C24H28ClN5O3. The maximum atomic E-state index is 13.7. The minimum atomic E-state index is -0.622. The van der Waals surface area contributed by atoms with Crippen LogP contribution >= 0.6 is 12.4 Å². The van der Waals surface area contributed by atoms with Crippen molar-refractivity contribution < 1.29 is 14.3 Å². The second-order valence-corrected chi connectivity index (χ2v) is 7.84. The molecule has 2 N–H and O–H groups in total. The van der Waals surface area contributed by atoms with Crippen molar-refractivity contribution >= 4 is 40.9 Å². The number of ether oxygens (including phenoxy) is 1. The standard InChI is InChI=1S/C24H27N5O3.ClH/c1-15(25-2)23(30)28-19-11-10-16-7-4-5-9-20(16)29(24(19)31)14-18-17-8-6-12-26-22(17)27-13-21(18)32-3;/h4-9,12-13,15,19,25H,10-11,14H2,1-3H3,(H,28,30);1H. The number of aromatic nitrogens is 2. The Morgan fingerprint density at radius 1 is 1.24 bits per heavy atom. The number of aryl methyl sites for hydroxylation is 1. The van der Waals surface area contributed by atoms with E-state index < -0.39 is 12.1 Å². The predicted molar refractivity (Wildman–Crippen MR) is 130 cm³/mol. The Balaban J connectivity index is 0.00000306. The van der Waals surface area contributed by atoms with Gasteiger partial charge in [-0.05, 0) is 50.6 Å². The van der Waals surface area contributed by atoms with Gasteiger partial charge in [-0.1, -0.05) is 18.2 Å². The highest BCUT2D eigenvalue weighted by Gasteiger charge is 2.33. The number of hydrogen-bond donors (Lipinski definition) is 2. The van der Waals surface area contributed by atoms with Crippen LogP contribution in [0.5, 0.6) is 5.75 Å². The predicted octanol–water partition coefficient (Wildman–Crippen LogP) is 2.63. The monoisotopic (exact) mass is 469 g/mol. The fourth-order valence-corrected chi connectivity index (χ4v) is 4.00. The van der Waals surface area contributed by atoms with Crippen LogP contribution in [0, 0.1) is 0 Å². The molecule has 174 valence electrons. The minimum Gasteiger partial charge on any atom is -0.495 e. The summed E-state index contributed by atoms with van der Waals surface area (Å²) in [6.45, 7) is 2.04. The van der Waals surface area contributed by atoms with Crippen LogP contribution in [-0.4, -0.2) is 48.0 Å². The molecule has 0 saturated carbocycles. The van der Waals surface area contributed by atoms with Crippen molar-refractivity contribution in [2.45, 2.75) is 38.4 Å². The molecule has 1 aromatic carbocycles. The van der Waals surface area contributed by atoms with Crippen LogP contribution in [-0.2, 0) is 22.6 Å². The number of fused-ring (bicyclic) bond motifs is 2. The maximum absolute atomic E-state index is 13.7. The molecule has 2 atom stereocenters. The summed E-state index contributed by atoms with van der Waals surface area (Å²) in [6, 6.07) is 10.6. The number of amides is 2. The van der Waals surface area contributed by atoms with E-state index in [0.29, 0.717) is 24.2 Å². The number of nitrogens with one attached hydrogen (secondary N) is 2. The zero-order valence-electron chi connectivity index (χ0n) is 18.9. The molecule has 2 aromatic heterocycles. The first kappa shape index (κ1) is 24.4. The Kier molecular flexibility index (Phi) is 7.84. The Bertz CT molecular complexity index is 1160. The van der Waals surface area contributed by atoms with Crippen LogP contribution in [0.4, 0.5) is 5.69 Å². The Labute approximate surface area is 199 Å². The summed E-state index contributed by atoms with van der Waals surface area (Å²) in [4.78, 5) is 36.7. The van der Waals surface area contributed by atoms with Gasteiger partial charge in [0.2, 0.25) is 11.8 Å². The highest BCUT2D eigenvalue weighted by atomic mass is 35.5. The number of carbonyl (C=O) groups excluding carboxylic acids is 2. The minimum absolute atomic E-state index is 0. The molecule has 8 nitrogen and oxygen atoms in total. The number of pyridine rings is 2. The average Bonchev–Trinajstić information content (AvgIpc) is 2.95. The third-order valence-corrected chi connectivity index (χ3v) is 5.94. The number of hydrogen-bond acceptors (Lipinski definition) is 6. The Hall–Kier alpha value is -3.23. The molecule has 1 aliphatic heterocycles. The molecule has 33 heavy (non-hydrogen) atoms. The van der Waals surface area contributed by atoms with Crippen LogP contribution in [0.3, 0.4) is 0 Å². The fourth-order valence-electron chi connectivity index (χ4n) is 4.00. The molecule has 3 heterocycles. The molecule has 0 fully saturated rings. The summed E-state index contributed by atoms with van der Waals surface area (Å²) in [5.41, 5.74) is 3.32. The van der Waals surface area contributed by atoms with E-state index >= 15 is 0 Å². The van der Waals surface area contributed by atoms with Gasteiger partial charge in [-0.3, -0.25) is 9.59 Å². The first-order valence-electron chi connectivity index (χ1n) is 10.7. The quantitative estimate of drug-likeness (QED) is 0.576. The molecule has 2 unspecified atom stereocenters. The lowest BCUT2D eigenvalue weighted by Crippen LogP contribution is -2.52. The highest BCUT2D eigenvalue weighted by Crippen LogP contribution is 2.32. The van der Waals surface area contributed by atoms with Crippen molar-refractivity contribution in [3.63, 3.8) is 0 Å². The lowest BCUT2D eigenvalue weighted by atomic mass is 10.1. The summed E-state index contributed by atoms with van der Waals surface area (Å²) in [5, 5.41) is 6.67. The van der Waals surface area contributed by atoms with Crippen molar-refractivity contribution in [2.24, 2.45) is 0 Å². The number of carbonyl (C=O) groups is 2. The van der Waals surface area contributed by atoms with Crippen LogP contribution in [0.25, 0.3) is 11.0 Å². The molecule has 9 heteroatoms. The summed E-state index contributed by atoms with van der Waals surface area (Å²) in [5.74, 6) is 0.236. The van der Waals surface area contributed by atoms with E-state index in [9.17, 15) is 9.59 Å². The third kappa shape index (κ3) is 4.91. The van der Waals surface area contributed by atoms with Gasteiger partial charge in [0.15, 0.2) is 5.65 Å². The summed E-state index contributed by atoms with van der Waals surface area (Å²) >= 11 is 0. The van der Waals surface area contributed by atoms with Crippen molar-refractivity contribution in [1.29, 1.82) is 0 Å². The van der Waals surface area contributed by atoms with Crippen molar-refractivity contribution in [1.82, 2.24) is 20.6 Å². The largest absolute Gasteiger partial charge is 0.495 e. The number of halogens is 1.